The van der Waals surface area contributed by atoms with Gasteiger partial charge in [0, 0.05) is 16.5 Å². The number of methoxy groups -OCH3 is 1. The summed E-state index contributed by atoms with van der Waals surface area (Å²) in [5.74, 6) is 5.29. The second-order valence-corrected chi connectivity index (χ2v) is 5.07. The van der Waals surface area contributed by atoms with E-state index in [1.54, 1.807) is 18.2 Å². The summed E-state index contributed by atoms with van der Waals surface area (Å²) in [6.07, 6.45) is 0. The van der Waals surface area contributed by atoms with Crippen LogP contribution in [0.2, 0.25) is 0 Å². The van der Waals surface area contributed by atoms with Crippen LogP contribution in [-0.4, -0.2) is 22.1 Å². The monoisotopic (exact) mass is 241 g/mol. The van der Waals surface area contributed by atoms with Gasteiger partial charge in [-0.15, -0.1) is 0 Å². The van der Waals surface area contributed by atoms with E-state index in [4.69, 9.17) is 10.6 Å². The minimum absolute atomic E-state index is 0.0550. The lowest BCUT2D eigenvalue weighted by Crippen LogP contribution is -2.02. The van der Waals surface area contributed by atoms with Crippen molar-refractivity contribution >= 4 is 15.4 Å². The van der Waals surface area contributed by atoms with E-state index in [9.17, 15) is 8.42 Å². The molecule has 0 amide bonds. The van der Waals surface area contributed by atoms with Crippen molar-refractivity contribution in [2.75, 3.05) is 13.7 Å². The van der Waals surface area contributed by atoms with Crippen molar-refractivity contribution in [1.82, 2.24) is 0 Å². The van der Waals surface area contributed by atoms with Gasteiger partial charge in [-0.1, -0.05) is 12.1 Å². The standard InChI is InChI=1S/C10H11NO4S/c1-14-9-4-2-3-8-7(5-15-11)6-16(12,13)10(8)9/h2-4,6H,5,11H2,1H3. The van der Waals surface area contributed by atoms with E-state index in [1.807, 2.05) is 0 Å². The number of fused-ring (bicyclic) bond motifs is 1. The van der Waals surface area contributed by atoms with E-state index in [0.29, 0.717) is 16.9 Å². The molecule has 5 nitrogen and oxygen atoms in total. The normalized spacial score (nSPS) is 16.8. The molecule has 0 bridgehead atoms. The Labute approximate surface area is 93.3 Å². The molecule has 0 aliphatic carbocycles. The molecule has 0 saturated heterocycles. The lowest BCUT2D eigenvalue weighted by atomic mass is 10.1. The summed E-state index contributed by atoms with van der Waals surface area (Å²) in [4.78, 5) is 4.66. The van der Waals surface area contributed by atoms with Gasteiger partial charge in [0.2, 0.25) is 9.84 Å². The van der Waals surface area contributed by atoms with Gasteiger partial charge < -0.3 is 4.74 Å². The highest BCUT2D eigenvalue weighted by atomic mass is 32.2. The average Bonchev–Trinajstić information content (AvgIpc) is 2.52. The number of ether oxygens (including phenoxy) is 1. The van der Waals surface area contributed by atoms with Crippen LogP contribution in [0.3, 0.4) is 0 Å². The van der Waals surface area contributed by atoms with E-state index in [0.717, 1.165) is 5.41 Å². The zero-order valence-corrected chi connectivity index (χ0v) is 9.45. The van der Waals surface area contributed by atoms with Crippen molar-refractivity contribution in [1.29, 1.82) is 0 Å². The van der Waals surface area contributed by atoms with Gasteiger partial charge in [-0.05, 0) is 6.07 Å². The van der Waals surface area contributed by atoms with Gasteiger partial charge in [-0.25, -0.2) is 14.3 Å². The third-order valence-electron chi connectivity index (χ3n) is 2.37. The molecule has 0 saturated carbocycles. The first-order valence-electron chi connectivity index (χ1n) is 4.55. The number of rotatable bonds is 3. The summed E-state index contributed by atoms with van der Waals surface area (Å²) in [5, 5.41) is 1.16. The van der Waals surface area contributed by atoms with Crippen molar-refractivity contribution in [3.8, 4) is 5.75 Å². The van der Waals surface area contributed by atoms with E-state index in [1.165, 1.54) is 7.11 Å². The van der Waals surface area contributed by atoms with E-state index in [2.05, 4.69) is 4.84 Å². The minimum atomic E-state index is -3.44. The fourth-order valence-electron chi connectivity index (χ4n) is 1.73. The molecule has 1 aliphatic heterocycles. The predicted octanol–water partition coefficient (Wildman–Crippen LogP) is 0.714. The third kappa shape index (κ3) is 1.60. The smallest absolute Gasteiger partial charge is 0.204 e. The molecule has 2 rings (SSSR count). The Morgan fingerprint density at radius 3 is 2.75 bits per heavy atom. The van der Waals surface area contributed by atoms with E-state index < -0.39 is 9.84 Å². The van der Waals surface area contributed by atoms with Crippen LogP contribution in [0.15, 0.2) is 28.5 Å². The molecule has 0 spiro atoms. The summed E-state index contributed by atoms with van der Waals surface area (Å²) in [5.41, 5.74) is 1.13. The van der Waals surface area contributed by atoms with Crippen LogP contribution in [0, 0.1) is 0 Å². The molecule has 16 heavy (non-hydrogen) atoms. The Kier molecular flexibility index (Phi) is 2.71. The minimum Gasteiger partial charge on any atom is -0.495 e. The van der Waals surface area contributed by atoms with Crippen molar-refractivity contribution in [3.05, 3.63) is 29.2 Å². The molecule has 0 unspecified atom stereocenters. The van der Waals surface area contributed by atoms with Crippen molar-refractivity contribution in [2.45, 2.75) is 4.90 Å². The second kappa shape index (κ2) is 3.89. The van der Waals surface area contributed by atoms with Crippen LogP contribution in [-0.2, 0) is 14.7 Å². The SMILES string of the molecule is COc1cccc2c1S(=O)(=O)C=C2CON. The van der Waals surface area contributed by atoms with Gasteiger partial charge in [-0.3, -0.25) is 4.84 Å². The Hall–Kier alpha value is -1.37. The summed E-state index contributed by atoms with van der Waals surface area (Å²) < 4.78 is 28.8. The highest BCUT2D eigenvalue weighted by molar-refractivity contribution is 7.95. The second-order valence-electron chi connectivity index (χ2n) is 3.34. The maximum atomic E-state index is 11.9. The molecule has 2 N–H and O–H groups in total. The summed E-state index contributed by atoms with van der Waals surface area (Å²) >= 11 is 0. The maximum absolute atomic E-state index is 11.9. The van der Waals surface area contributed by atoms with Crippen LogP contribution in [0.1, 0.15) is 5.56 Å². The molecule has 1 aromatic rings. The Balaban J connectivity index is 2.66. The number of benzene rings is 1. The fourth-order valence-corrected chi connectivity index (χ4v) is 3.36. The molecule has 1 aromatic carbocycles. The van der Waals surface area contributed by atoms with Crippen LogP contribution < -0.4 is 10.6 Å². The first kappa shape index (κ1) is 11.1. The quantitative estimate of drug-likeness (QED) is 0.788. The summed E-state index contributed by atoms with van der Waals surface area (Å²) in [6.45, 7) is 0.0550. The molecule has 0 radical (unpaired) electrons. The lowest BCUT2D eigenvalue weighted by molar-refractivity contribution is 0.173. The molecular weight excluding hydrogens is 230 g/mol. The van der Waals surface area contributed by atoms with Gasteiger partial charge in [-0.2, -0.15) is 0 Å². The average molecular weight is 241 g/mol. The molecule has 0 aromatic heterocycles. The Bertz CT molecular complexity index is 548. The van der Waals surface area contributed by atoms with E-state index in [-0.39, 0.29) is 11.5 Å². The van der Waals surface area contributed by atoms with Gasteiger partial charge in [0.15, 0.2) is 0 Å². The zero-order chi connectivity index (χ0) is 11.8. The molecule has 1 aliphatic rings. The highest BCUT2D eigenvalue weighted by Gasteiger charge is 2.30. The van der Waals surface area contributed by atoms with Gasteiger partial charge in [0.05, 0.1) is 13.7 Å². The molecule has 0 fully saturated rings. The van der Waals surface area contributed by atoms with Crippen molar-refractivity contribution < 1.29 is 18.0 Å². The fraction of sp³-hybridized carbons (Fsp3) is 0.200. The van der Waals surface area contributed by atoms with Crippen LogP contribution >= 0.6 is 0 Å². The third-order valence-corrected chi connectivity index (χ3v) is 3.95. The molecule has 0 atom stereocenters. The van der Waals surface area contributed by atoms with Crippen LogP contribution in [0.25, 0.3) is 5.57 Å². The van der Waals surface area contributed by atoms with Crippen LogP contribution in [0.4, 0.5) is 0 Å². The topological polar surface area (TPSA) is 78.6 Å². The number of hydrogen-bond acceptors (Lipinski definition) is 5. The summed E-state index contributed by atoms with van der Waals surface area (Å²) in [6, 6.07) is 5.03. The van der Waals surface area contributed by atoms with Crippen molar-refractivity contribution in [3.63, 3.8) is 0 Å². The molecule has 1 heterocycles. The first-order chi connectivity index (χ1) is 7.60. The van der Waals surface area contributed by atoms with E-state index >= 15 is 0 Å². The molecule has 86 valence electrons. The van der Waals surface area contributed by atoms with Crippen LogP contribution in [0.5, 0.6) is 5.75 Å². The molecule has 6 heteroatoms. The van der Waals surface area contributed by atoms with Crippen molar-refractivity contribution in [2.24, 2.45) is 5.90 Å². The molecular formula is C10H11NO4S. The number of nitrogens with two attached hydrogens (primary N) is 1. The maximum Gasteiger partial charge on any atom is 0.204 e. The number of hydrogen-bond donors (Lipinski definition) is 1. The Morgan fingerprint density at radius 2 is 2.12 bits per heavy atom. The number of sulfone groups is 1. The summed E-state index contributed by atoms with van der Waals surface area (Å²) in [7, 11) is -2.01. The zero-order valence-electron chi connectivity index (χ0n) is 8.64. The van der Waals surface area contributed by atoms with Gasteiger partial charge >= 0.3 is 0 Å². The predicted molar refractivity (Wildman–Crippen MR) is 58.3 cm³/mol. The Morgan fingerprint density at radius 1 is 1.38 bits per heavy atom. The largest absolute Gasteiger partial charge is 0.495 e. The highest BCUT2D eigenvalue weighted by Crippen LogP contribution is 2.39. The first-order valence-corrected chi connectivity index (χ1v) is 6.09. The van der Waals surface area contributed by atoms with Gasteiger partial charge in [0.1, 0.15) is 10.6 Å². The lowest BCUT2D eigenvalue weighted by Gasteiger charge is -2.07. The van der Waals surface area contributed by atoms with Gasteiger partial charge in [0.25, 0.3) is 0 Å².